The largest absolute Gasteiger partial charge is 0.491 e. The molecule has 6 nitrogen and oxygen atoms in total. The number of amides is 1. The monoisotopic (exact) mass is 470 g/mol. The number of carbonyl (C=O) groups excluding carboxylic acids is 1. The van der Waals surface area contributed by atoms with Crippen molar-refractivity contribution in [2.24, 2.45) is 0 Å². The fraction of sp³-hybridized carbons (Fsp3) is 0.500. The number of hydrogen-bond acceptors (Lipinski definition) is 5. The smallest absolute Gasteiger partial charge is 0.238 e. The molecule has 2 aliphatic heterocycles. The van der Waals surface area contributed by atoms with Crippen molar-refractivity contribution in [3.05, 3.63) is 53.6 Å². The second kappa shape index (κ2) is 12.3. The molecule has 2 heterocycles. The second-order valence-electron chi connectivity index (χ2n) is 8.89. The summed E-state index contributed by atoms with van der Waals surface area (Å²) in [5, 5.41) is 3.70. The molecule has 0 spiro atoms. The number of halogens is 1. The van der Waals surface area contributed by atoms with Gasteiger partial charge in [-0.1, -0.05) is 36.6 Å². The van der Waals surface area contributed by atoms with Crippen LogP contribution in [0.3, 0.4) is 0 Å². The zero-order valence-electron chi connectivity index (χ0n) is 19.3. The molecular formula is C26H35ClN4O2. The fourth-order valence-electron chi connectivity index (χ4n) is 4.51. The molecule has 0 unspecified atom stereocenters. The van der Waals surface area contributed by atoms with E-state index in [2.05, 4.69) is 32.1 Å². The van der Waals surface area contributed by atoms with E-state index in [4.69, 9.17) is 16.3 Å². The molecule has 0 saturated carbocycles. The highest BCUT2D eigenvalue weighted by Crippen LogP contribution is 2.23. The van der Waals surface area contributed by atoms with Gasteiger partial charge in [0.15, 0.2) is 0 Å². The average molecular weight is 471 g/mol. The lowest BCUT2D eigenvalue weighted by Gasteiger charge is -2.34. The molecule has 0 bridgehead atoms. The van der Waals surface area contributed by atoms with E-state index in [0.29, 0.717) is 18.2 Å². The van der Waals surface area contributed by atoms with Crippen LogP contribution in [-0.4, -0.2) is 74.7 Å². The average Bonchev–Trinajstić information content (AvgIpc) is 3.12. The highest BCUT2D eigenvalue weighted by Gasteiger charge is 2.19. The van der Waals surface area contributed by atoms with Crippen LogP contribution >= 0.6 is 11.6 Å². The van der Waals surface area contributed by atoms with Crippen LogP contribution in [0.25, 0.3) is 0 Å². The van der Waals surface area contributed by atoms with Gasteiger partial charge >= 0.3 is 0 Å². The zero-order valence-corrected chi connectivity index (χ0v) is 20.1. The van der Waals surface area contributed by atoms with Gasteiger partial charge in [0.2, 0.25) is 5.91 Å². The quantitative estimate of drug-likeness (QED) is 0.621. The molecular weight excluding hydrogens is 436 g/mol. The summed E-state index contributed by atoms with van der Waals surface area (Å²) in [4.78, 5) is 19.6. The molecule has 2 fully saturated rings. The predicted molar refractivity (Wildman–Crippen MR) is 136 cm³/mol. The van der Waals surface area contributed by atoms with Crippen molar-refractivity contribution in [2.45, 2.75) is 25.7 Å². The predicted octanol–water partition coefficient (Wildman–Crippen LogP) is 4.36. The first kappa shape index (κ1) is 23.9. The van der Waals surface area contributed by atoms with Crippen molar-refractivity contribution in [3.63, 3.8) is 0 Å². The maximum atomic E-state index is 12.5. The van der Waals surface area contributed by atoms with Gasteiger partial charge in [0.1, 0.15) is 12.4 Å². The van der Waals surface area contributed by atoms with E-state index in [9.17, 15) is 4.79 Å². The number of ether oxygens (including phenoxy) is 1. The summed E-state index contributed by atoms with van der Waals surface area (Å²) in [6.45, 7) is 7.78. The number of nitrogens with zero attached hydrogens (tertiary/aromatic N) is 3. The Morgan fingerprint density at radius 3 is 2.21 bits per heavy atom. The van der Waals surface area contributed by atoms with E-state index in [0.717, 1.165) is 57.3 Å². The molecule has 2 aromatic rings. The highest BCUT2D eigenvalue weighted by atomic mass is 35.5. The fourth-order valence-corrected chi connectivity index (χ4v) is 4.70. The maximum absolute atomic E-state index is 12.5. The first-order valence-corrected chi connectivity index (χ1v) is 12.5. The second-order valence-corrected chi connectivity index (χ2v) is 9.30. The van der Waals surface area contributed by atoms with Crippen LogP contribution in [-0.2, 0) is 4.79 Å². The summed E-state index contributed by atoms with van der Waals surface area (Å²) in [6, 6.07) is 15.9. The Hall–Kier alpha value is -2.28. The van der Waals surface area contributed by atoms with Crippen molar-refractivity contribution in [2.75, 3.05) is 69.2 Å². The van der Waals surface area contributed by atoms with E-state index in [1.165, 1.54) is 31.4 Å². The van der Waals surface area contributed by atoms with E-state index < -0.39 is 0 Å². The topological polar surface area (TPSA) is 48.1 Å². The van der Waals surface area contributed by atoms with Crippen LogP contribution in [0, 0.1) is 0 Å². The molecule has 0 aromatic heterocycles. The van der Waals surface area contributed by atoms with Gasteiger partial charge in [0, 0.05) is 57.2 Å². The standard InChI is InChI=1S/C26H35ClN4O2/c27-24-7-3-4-8-25(24)33-20-19-29-15-17-30(18-16-29)21-26(32)28-22-9-11-23(12-10-22)31-13-5-1-2-6-14-31/h3-4,7-12H,1-2,5-6,13-21H2,(H,28,32). The van der Waals surface area contributed by atoms with Gasteiger partial charge in [-0.2, -0.15) is 0 Å². The van der Waals surface area contributed by atoms with Crippen LogP contribution in [0.2, 0.25) is 5.02 Å². The number of piperazine rings is 1. The summed E-state index contributed by atoms with van der Waals surface area (Å²) in [5.41, 5.74) is 2.12. The maximum Gasteiger partial charge on any atom is 0.238 e. The Balaban J connectivity index is 1.14. The summed E-state index contributed by atoms with van der Waals surface area (Å²) < 4.78 is 5.80. The summed E-state index contributed by atoms with van der Waals surface area (Å²) in [7, 11) is 0. The van der Waals surface area contributed by atoms with Gasteiger partial charge in [-0.25, -0.2) is 0 Å². The lowest BCUT2D eigenvalue weighted by Crippen LogP contribution is -2.49. The lowest BCUT2D eigenvalue weighted by molar-refractivity contribution is -0.117. The molecule has 4 rings (SSSR count). The number of para-hydroxylation sites is 1. The Bertz CT molecular complexity index is 876. The Morgan fingerprint density at radius 1 is 0.848 bits per heavy atom. The lowest BCUT2D eigenvalue weighted by atomic mass is 10.2. The first-order valence-electron chi connectivity index (χ1n) is 12.1. The van der Waals surface area contributed by atoms with Crippen LogP contribution in [0.5, 0.6) is 5.75 Å². The minimum absolute atomic E-state index is 0.0491. The summed E-state index contributed by atoms with van der Waals surface area (Å²) in [6.07, 6.45) is 5.19. The van der Waals surface area contributed by atoms with Gasteiger partial charge in [-0.3, -0.25) is 14.6 Å². The van der Waals surface area contributed by atoms with Gasteiger partial charge in [0.05, 0.1) is 11.6 Å². The molecule has 0 radical (unpaired) electrons. The molecule has 178 valence electrons. The molecule has 33 heavy (non-hydrogen) atoms. The van der Waals surface area contributed by atoms with Crippen LogP contribution < -0.4 is 15.0 Å². The number of rotatable bonds is 8. The van der Waals surface area contributed by atoms with Gasteiger partial charge in [-0.15, -0.1) is 0 Å². The molecule has 2 aliphatic rings. The van der Waals surface area contributed by atoms with Crippen molar-refractivity contribution >= 4 is 28.9 Å². The third-order valence-corrected chi connectivity index (χ3v) is 6.77. The third-order valence-electron chi connectivity index (χ3n) is 6.46. The minimum Gasteiger partial charge on any atom is -0.491 e. The van der Waals surface area contributed by atoms with Crippen molar-refractivity contribution in [3.8, 4) is 5.75 Å². The normalized spacial score (nSPS) is 18.0. The number of carbonyl (C=O) groups is 1. The molecule has 2 saturated heterocycles. The van der Waals surface area contributed by atoms with E-state index in [1.54, 1.807) is 0 Å². The summed E-state index contributed by atoms with van der Waals surface area (Å²) >= 11 is 6.14. The van der Waals surface area contributed by atoms with E-state index in [-0.39, 0.29) is 5.91 Å². The number of nitrogens with one attached hydrogen (secondary N) is 1. The SMILES string of the molecule is O=C(CN1CCN(CCOc2ccccc2Cl)CC1)Nc1ccc(N2CCCCCC2)cc1. The van der Waals surface area contributed by atoms with Gasteiger partial charge < -0.3 is 15.0 Å². The van der Waals surface area contributed by atoms with Crippen LogP contribution in [0.1, 0.15) is 25.7 Å². The molecule has 0 atom stereocenters. The molecule has 1 amide bonds. The van der Waals surface area contributed by atoms with Gasteiger partial charge in [0.25, 0.3) is 0 Å². The molecule has 2 aromatic carbocycles. The Morgan fingerprint density at radius 2 is 1.52 bits per heavy atom. The molecule has 1 N–H and O–H groups in total. The van der Waals surface area contributed by atoms with E-state index >= 15 is 0 Å². The minimum atomic E-state index is 0.0491. The number of benzene rings is 2. The van der Waals surface area contributed by atoms with E-state index in [1.807, 2.05) is 36.4 Å². The zero-order chi connectivity index (χ0) is 22.9. The van der Waals surface area contributed by atoms with Crippen LogP contribution in [0.4, 0.5) is 11.4 Å². The molecule has 0 aliphatic carbocycles. The van der Waals surface area contributed by atoms with Crippen molar-refractivity contribution < 1.29 is 9.53 Å². The number of anilines is 2. The van der Waals surface area contributed by atoms with Crippen LogP contribution in [0.15, 0.2) is 48.5 Å². The van der Waals surface area contributed by atoms with Gasteiger partial charge in [-0.05, 0) is 49.2 Å². The summed E-state index contributed by atoms with van der Waals surface area (Å²) in [5.74, 6) is 0.780. The highest BCUT2D eigenvalue weighted by molar-refractivity contribution is 6.32. The Kier molecular flexibility index (Phi) is 8.86. The number of hydrogen-bond donors (Lipinski definition) is 1. The van der Waals surface area contributed by atoms with Crippen molar-refractivity contribution in [1.82, 2.24) is 9.80 Å². The third kappa shape index (κ3) is 7.36. The molecule has 7 heteroatoms. The van der Waals surface area contributed by atoms with Crippen molar-refractivity contribution in [1.29, 1.82) is 0 Å². The first-order chi connectivity index (χ1) is 16.2. The Labute approximate surface area is 202 Å².